The number of carboxylic acids is 1. The second kappa shape index (κ2) is 19.4. The van der Waals surface area contributed by atoms with E-state index in [0.717, 1.165) is 12.8 Å². The summed E-state index contributed by atoms with van der Waals surface area (Å²) in [7, 11) is 0. The number of carboxylic acid groups (broad SMARTS) is 1. The van der Waals surface area contributed by atoms with Crippen molar-refractivity contribution in [3.8, 4) is 0 Å². The van der Waals surface area contributed by atoms with E-state index in [1.54, 1.807) is 0 Å². The van der Waals surface area contributed by atoms with Crippen LogP contribution >= 0.6 is 0 Å². The van der Waals surface area contributed by atoms with Gasteiger partial charge in [-0.15, -0.1) is 0 Å². The Labute approximate surface area is 146 Å². The van der Waals surface area contributed by atoms with Crippen molar-refractivity contribution in [2.75, 3.05) is 0 Å². The van der Waals surface area contributed by atoms with Gasteiger partial charge in [0.05, 0.1) is 0 Å². The molecule has 0 saturated heterocycles. The third-order valence-corrected chi connectivity index (χ3v) is 3.73. The number of unbranched alkanes of at least 4 members (excludes halogenated alkanes) is 13. The summed E-state index contributed by atoms with van der Waals surface area (Å²) in [5, 5.41) is 10.2. The molecule has 3 heteroatoms. The van der Waals surface area contributed by atoms with Crippen molar-refractivity contribution < 1.29 is 9.90 Å². The maximum atomic E-state index is 10.2. The zero-order valence-electron chi connectivity index (χ0n) is 13.4. The average molecular weight is 477 g/mol. The molecule has 0 aromatic carbocycles. The van der Waals surface area contributed by atoms with E-state index in [1.807, 2.05) is 0 Å². The topological polar surface area (TPSA) is 40.1 Å². The molecule has 0 N–H and O–H groups in total. The fourth-order valence-corrected chi connectivity index (χ4v) is 2.46. The molecule has 0 aliphatic carbocycles. The van der Waals surface area contributed by atoms with Gasteiger partial charge in [0.25, 0.3) is 0 Å². The maximum Gasteiger partial charge on any atom is 2.00 e. The first-order valence-corrected chi connectivity index (χ1v) is 8.47. The van der Waals surface area contributed by atoms with Gasteiger partial charge in [-0.05, 0) is 12.8 Å². The van der Waals surface area contributed by atoms with Gasteiger partial charge < -0.3 is 9.90 Å². The molecule has 0 rings (SSSR count). The molecule has 0 heterocycles. The van der Waals surface area contributed by atoms with E-state index < -0.39 is 5.97 Å². The molecule has 0 spiro atoms. The van der Waals surface area contributed by atoms with Crippen molar-refractivity contribution in [1.82, 2.24) is 0 Å². The van der Waals surface area contributed by atoms with Crippen LogP contribution in [0.3, 0.4) is 0 Å². The normalized spacial score (nSPS) is 10.2. The summed E-state index contributed by atoms with van der Waals surface area (Å²) in [6.07, 6.45) is 18.4. The number of rotatable bonds is 15. The number of hydrogen-bond donors (Lipinski definition) is 0. The van der Waals surface area contributed by atoms with Crippen LogP contribution in [-0.2, 0) is 4.79 Å². The van der Waals surface area contributed by atoms with E-state index in [-0.39, 0.29) is 33.7 Å². The first-order valence-electron chi connectivity index (χ1n) is 8.47. The van der Waals surface area contributed by atoms with E-state index >= 15 is 0 Å². The summed E-state index contributed by atoms with van der Waals surface area (Å²) in [5.41, 5.74) is 0. The van der Waals surface area contributed by atoms with Crippen molar-refractivity contribution in [2.24, 2.45) is 0 Å². The van der Waals surface area contributed by atoms with E-state index in [4.69, 9.17) is 0 Å². The van der Waals surface area contributed by atoms with Gasteiger partial charge in [0.1, 0.15) is 0 Å². The van der Waals surface area contributed by atoms with Gasteiger partial charge in [-0.25, -0.2) is 0 Å². The molecule has 2 radical (unpaired) electrons. The van der Waals surface area contributed by atoms with Crippen molar-refractivity contribution >= 4 is 33.3 Å². The number of carbonyl (C=O) groups is 1. The zero-order valence-corrected chi connectivity index (χ0v) is 17.3. The smallest absolute Gasteiger partial charge is 0.550 e. The number of hydrogen-bond acceptors (Lipinski definition) is 2. The van der Waals surface area contributed by atoms with Crippen LogP contribution in [0.2, 0.25) is 0 Å². The molecular weight excluding hydrogens is 443 g/mol. The molecule has 0 fully saturated rings. The molecule has 0 aromatic rings. The van der Waals surface area contributed by atoms with Crippen LogP contribution < -0.4 is 5.11 Å². The molecule has 0 aliphatic rings. The van der Waals surface area contributed by atoms with Crippen molar-refractivity contribution in [3.05, 3.63) is 0 Å². The summed E-state index contributed by atoms with van der Waals surface area (Å²) in [6, 6.07) is 0. The van der Waals surface area contributed by atoms with Crippen molar-refractivity contribution in [2.45, 2.75) is 103 Å². The number of carbonyl (C=O) groups excluding carboxylic acids is 1. The third-order valence-electron chi connectivity index (χ3n) is 3.73. The molecule has 0 bridgehead atoms. The van der Waals surface area contributed by atoms with Crippen LogP contribution in [0.1, 0.15) is 103 Å². The molecule has 0 aromatic heterocycles. The molecule has 116 valence electrons. The van der Waals surface area contributed by atoms with E-state index in [1.165, 1.54) is 77.0 Å². The Morgan fingerprint density at radius 1 is 0.650 bits per heavy atom. The predicted molar refractivity (Wildman–Crippen MR) is 85.7 cm³/mol. The SMILES string of the molecule is CCCCCCCCCCCCCCCCC(=O)[O-].[Pb+2]. The Balaban J connectivity index is 0. The van der Waals surface area contributed by atoms with Gasteiger partial charge in [-0.2, -0.15) is 0 Å². The maximum absolute atomic E-state index is 10.2. The number of aliphatic carboxylic acids is 1. The largest absolute Gasteiger partial charge is 2.00 e. The van der Waals surface area contributed by atoms with Crippen LogP contribution in [-0.4, -0.2) is 33.3 Å². The van der Waals surface area contributed by atoms with E-state index in [0.29, 0.717) is 0 Å². The first-order chi connectivity index (χ1) is 9.27. The van der Waals surface area contributed by atoms with Gasteiger partial charge in [-0.1, -0.05) is 90.4 Å². The fourth-order valence-electron chi connectivity index (χ4n) is 2.46. The summed E-state index contributed by atoms with van der Waals surface area (Å²) in [5.74, 6) is -0.904. The Bertz CT molecular complexity index is 195. The molecule has 2 nitrogen and oxygen atoms in total. The molecular formula is C17H33O2Pb+. The summed E-state index contributed by atoms with van der Waals surface area (Å²) < 4.78 is 0. The second-order valence-electron chi connectivity index (χ2n) is 5.72. The third kappa shape index (κ3) is 20.7. The summed E-state index contributed by atoms with van der Waals surface area (Å²) in [6.45, 7) is 2.26. The monoisotopic (exact) mass is 477 g/mol. The van der Waals surface area contributed by atoms with E-state index in [9.17, 15) is 9.90 Å². The van der Waals surface area contributed by atoms with Crippen LogP contribution in [0.4, 0.5) is 0 Å². The van der Waals surface area contributed by atoms with Crippen LogP contribution in [0.25, 0.3) is 0 Å². The quantitative estimate of drug-likeness (QED) is 0.262. The summed E-state index contributed by atoms with van der Waals surface area (Å²) >= 11 is 0. The molecule has 0 aliphatic heterocycles. The minimum atomic E-state index is -0.904. The first kappa shape index (κ1) is 22.7. The van der Waals surface area contributed by atoms with Crippen molar-refractivity contribution in [3.63, 3.8) is 0 Å². The minimum absolute atomic E-state index is 0. The van der Waals surface area contributed by atoms with Gasteiger partial charge in [-0.3, -0.25) is 0 Å². The van der Waals surface area contributed by atoms with E-state index in [2.05, 4.69) is 6.92 Å². The van der Waals surface area contributed by atoms with Gasteiger partial charge in [0.15, 0.2) is 0 Å². The zero-order chi connectivity index (χ0) is 14.2. The van der Waals surface area contributed by atoms with Gasteiger partial charge in [0, 0.05) is 5.97 Å². The molecule has 20 heavy (non-hydrogen) atoms. The average Bonchev–Trinajstić information content (AvgIpc) is 2.39. The minimum Gasteiger partial charge on any atom is -0.550 e. The molecule has 0 saturated carbocycles. The molecule has 0 unspecified atom stereocenters. The van der Waals surface area contributed by atoms with Crippen LogP contribution in [0, 0.1) is 0 Å². The molecule has 0 atom stereocenters. The van der Waals surface area contributed by atoms with Crippen LogP contribution in [0.15, 0.2) is 0 Å². The standard InChI is InChI=1S/C17H34O2.Pb/c1-2-3-4-5-6-7-8-9-10-11-12-13-14-15-16-17(18)19;/h2-16H2,1H3,(H,18,19);/q;+2/p-1. The van der Waals surface area contributed by atoms with Gasteiger partial charge in [0.2, 0.25) is 0 Å². The predicted octanol–water partition coefficient (Wildman–Crippen LogP) is 4.23. The van der Waals surface area contributed by atoms with Crippen molar-refractivity contribution in [1.29, 1.82) is 0 Å². The summed E-state index contributed by atoms with van der Waals surface area (Å²) in [4.78, 5) is 10.2. The Morgan fingerprint density at radius 2 is 0.950 bits per heavy atom. The molecule has 0 amide bonds. The van der Waals surface area contributed by atoms with Gasteiger partial charge >= 0.3 is 27.3 Å². The Morgan fingerprint density at radius 3 is 1.25 bits per heavy atom. The Hall–Kier alpha value is 0.392. The fraction of sp³-hybridized carbons (Fsp3) is 0.941. The second-order valence-corrected chi connectivity index (χ2v) is 5.72. The van der Waals surface area contributed by atoms with Crippen LogP contribution in [0.5, 0.6) is 0 Å². The Kier molecular flexibility index (Phi) is 22.0.